The molecule has 2 saturated heterocycles. The van der Waals surface area contributed by atoms with E-state index in [2.05, 4.69) is 23.7 Å². The van der Waals surface area contributed by atoms with Crippen LogP contribution >= 0.6 is 0 Å². The first-order valence-electron chi connectivity index (χ1n) is 11.1. The van der Waals surface area contributed by atoms with Crippen molar-refractivity contribution in [2.24, 2.45) is 4.36 Å². The fraction of sp³-hybridized carbons (Fsp3) is 0.591. The van der Waals surface area contributed by atoms with E-state index in [0.29, 0.717) is 30.6 Å². The zero-order valence-electron chi connectivity index (χ0n) is 18.2. The second-order valence-corrected chi connectivity index (χ2v) is 11.8. The van der Waals surface area contributed by atoms with Gasteiger partial charge in [0.05, 0.1) is 45.5 Å². The van der Waals surface area contributed by atoms with Crippen LogP contribution in [-0.2, 0) is 19.2 Å². The van der Waals surface area contributed by atoms with Gasteiger partial charge in [0.25, 0.3) is 0 Å². The number of hydrogen-bond acceptors (Lipinski definition) is 8. The van der Waals surface area contributed by atoms with E-state index >= 15 is 0 Å². The van der Waals surface area contributed by atoms with Gasteiger partial charge in [-0.2, -0.15) is 0 Å². The number of anilines is 2. The van der Waals surface area contributed by atoms with Crippen LogP contribution in [-0.4, -0.2) is 56.8 Å². The quantitative estimate of drug-likeness (QED) is 0.776. The molecule has 0 spiro atoms. The van der Waals surface area contributed by atoms with Gasteiger partial charge in [-0.1, -0.05) is 0 Å². The van der Waals surface area contributed by atoms with Crippen LogP contribution < -0.4 is 10.6 Å². The van der Waals surface area contributed by atoms with Crippen LogP contribution in [0.5, 0.6) is 0 Å². The lowest BCUT2D eigenvalue weighted by molar-refractivity contribution is 0.0985. The molecule has 1 aliphatic carbocycles. The highest BCUT2D eigenvalue weighted by Gasteiger charge is 2.46. The predicted molar refractivity (Wildman–Crippen MR) is 122 cm³/mol. The molecular weight excluding hydrogens is 412 g/mol. The largest absolute Gasteiger partial charge is 0.384 e. The van der Waals surface area contributed by atoms with Crippen LogP contribution in [0, 0.1) is 0 Å². The molecule has 5 rings (SSSR count). The Morgan fingerprint density at radius 3 is 2.90 bits per heavy atom. The second-order valence-electron chi connectivity index (χ2n) is 9.04. The maximum absolute atomic E-state index is 14.1. The summed E-state index contributed by atoms with van der Waals surface area (Å²) in [6.45, 7) is 6.28. The maximum atomic E-state index is 14.1. The molecule has 1 saturated carbocycles. The zero-order chi connectivity index (χ0) is 21.6. The van der Waals surface area contributed by atoms with E-state index in [1.807, 2.05) is 12.1 Å². The van der Waals surface area contributed by atoms with Crippen molar-refractivity contribution >= 4 is 21.4 Å². The van der Waals surface area contributed by atoms with Crippen molar-refractivity contribution in [1.29, 1.82) is 0 Å². The molecule has 3 atom stereocenters. The SMILES string of the molecule is C[C@@H]1COCCN1c1cc([C@@]2(C)CCCS2(=O)=NC2CC2)nc(-c2ccnc(N)c2)n1. The summed E-state index contributed by atoms with van der Waals surface area (Å²) in [5.74, 6) is 2.49. The lowest BCUT2D eigenvalue weighted by atomic mass is 10.0. The average Bonchev–Trinajstić information content (AvgIpc) is 3.51. The molecule has 3 aliphatic rings. The molecule has 0 amide bonds. The van der Waals surface area contributed by atoms with Crippen molar-refractivity contribution in [3.63, 3.8) is 0 Å². The number of nitrogen functional groups attached to an aromatic ring is 1. The molecule has 0 aromatic carbocycles. The molecule has 2 N–H and O–H groups in total. The normalized spacial score (nSPS) is 31.0. The standard InChI is InChI=1S/C22H30N6O2S/c1-15-14-30-10-9-28(15)20-13-18(25-21(26-20)16-6-8-24-19(23)12-16)22(2)7-3-11-31(22,29)27-17-4-5-17/h6,8,12-13,15,17H,3-5,7,9-11,14H2,1-2H3,(H2,23,24)/t15-,22-,31?/m1/s1. The topological polar surface area (TPSA) is 107 Å². The van der Waals surface area contributed by atoms with Gasteiger partial charge >= 0.3 is 0 Å². The van der Waals surface area contributed by atoms with E-state index in [4.69, 9.17) is 24.8 Å². The van der Waals surface area contributed by atoms with E-state index in [0.717, 1.165) is 49.3 Å². The minimum atomic E-state index is -2.40. The summed E-state index contributed by atoms with van der Waals surface area (Å²) in [4.78, 5) is 16.2. The highest BCUT2D eigenvalue weighted by molar-refractivity contribution is 7.94. The van der Waals surface area contributed by atoms with E-state index in [-0.39, 0.29) is 12.1 Å². The van der Waals surface area contributed by atoms with Crippen molar-refractivity contribution in [3.05, 3.63) is 30.1 Å². The van der Waals surface area contributed by atoms with Crippen molar-refractivity contribution in [2.45, 2.75) is 56.4 Å². The number of aromatic nitrogens is 3. The monoisotopic (exact) mass is 442 g/mol. The first-order chi connectivity index (χ1) is 14.9. The predicted octanol–water partition coefficient (Wildman–Crippen LogP) is 2.99. The average molecular weight is 443 g/mol. The Kier molecular flexibility index (Phi) is 5.13. The fourth-order valence-electron chi connectivity index (χ4n) is 4.51. The van der Waals surface area contributed by atoms with Gasteiger partial charge in [-0.15, -0.1) is 0 Å². The molecule has 9 heteroatoms. The number of rotatable bonds is 4. The Bertz CT molecular complexity index is 1110. The molecule has 8 nitrogen and oxygen atoms in total. The van der Waals surface area contributed by atoms with Crippen molar-refractivity contribution < 1.29 is 8.95 Å². The number of pyridine rings is 1. The fourth-order valence-corrected chi connectivity index (χ4v) is 7.42. The van der Waals surface area contributed by atoms with E-state index < -0.39 is 14.5 Å². The Labute approximate surface area is 183 Å². The molecule has 3 fully saturated rings. The molecule has 4 heterocycles. The summed E-state index contributed by atoms with van der Waals surface area (Å²) >= 11 is 0. The summed E-state index contributed by atoms with van der Waals surface area (Å²) in [5.41, 5.74) is 7.56. The van der Waals surface area contributed by atoms with Gasteiger partial charge in [0, 0.05) is 30.1 Å². The van der Waals surface area contributed by atoms with Crippen LogP contribution in [0.4, 0.5) is 11.6 Å². The van der Waals surface area contributed by atoms with Crippen LogP contribution in [0.1, 0.15) is 45.2 Å². The van der Waals surface area contributed by atoms with Gasteiger partial charge in [0.1, 0.15) is 11.6 Å². The van der Waals surface area contributed by atoms with Crippen LogP contribution in [0.2, 0.25) is 0 Å². The molecular formula is C22H30N6O2S. The third-order valence-electron chi connectivity index (χ3n) is 6.60. The number of hydrogen-bond donors (Lipinski definition) is 1. The van der Waals surface area contributed by atoms with Crippen molar-refractivity contribution in [2.75, 3.05) is 36.1 Å². The smallest absolute Gasteiger partial charge is 0.162 e. The van der Waals surface area contributed by atoms with Crippen molar-refractivity contribution in [3.8, 4) is 11.4 Å². The molecule has 31 heavy (non-hydrogen) atoms. The van der Waals surface area contributed by atoms with E-state index in [1.165, 1.54) is 0 Å². The highest BCUT2D eigenvalue weighted by atomic mass is 32.2. The Balaban J connectivity index is 1.67. The molecule has 0 bridgehead atoms. The second kappa shape index (κ2) is 7.70. The zero-order valence-corrected chi connectivity index (χ0v) is 19.0. The summed E-state index contributed by atoms with van der Waals surface area (Å²) in [5, 5.41) is 0. The summed E-state index contributed by atoms with van der Waals surface area (Å²) < 4.78 is 23.9. The van der Waals surface area contributed by atoms with Gasteiger partial charge in [-0.3, -0.25) is 0 Å². The van der Waals surface area contributed by atoms with Gasteiger partial charge in [-0.25, -0.2) is 23.5 Å². The Hall–Kier alpha value is -2.26. The first-order valence-corrected chi connectivity index (χ1v) is 12.8. The summed E-state index contributed by atoms with van der Waals surface area (Å²) in [7, 11) is -2.40. The molecule has 0 radical (unpaired) electrons. The minimum Gasteiger partial charge on any atom is -0.384 e. The number of nitrogens with zero attached hydrogens (tertiary/aromatic N) is 5. The first kappa shape index (κ1) is 20.6. The van der Waals surface area contributed by atoms with E-state index in [9.17, 15) is 4.21 Å². The van der Waals surface area contributed by atoms with Crippen LogP contribution in [0.3, 0.4) is 0 Å². The Morgan fingerprint density at radius 2 is 2.16 bits per heavy atom. The van der Waals surface area contributed by atoms with Gasteiger partial charge in [0.2, 0.25) is 0 Å². The number of nitrogens with two attached hydrogens (primary N) is 1. The van der Waals surface area contributed by atoms with Gasteiger partial charge < -0.3 is 15.4 Å². The van der Waals surface area contributed by atoms with Crippen LogP contribution in [0.25, 0.3) is 11.4 Å². The van der Waals surface area contributed by atoms with Gasteiger partial charge in [-0.05, 0) is 51.7 Å². The summed E-state index contributed by atoms with van der Waals surface area (Å²) in [6, 6.07) is 6.14. The molecule has 2 aromatic heterocycles. The lowest BCUT2D eigenvalue weighted by Gasteiger charge is -2.35. The molecule has 1 unspecified atom stereocenters. The Morgan fingerprint density at radius 1 is 1.32 bits per heavy atom. The molecule has 2 aromatic rings. The van der Waals surface area contributed by atoms with Crippen molar-refractivity contribution in [1.82, 2.24) is 15.0 Å². The number of morpholine rings is 1. The maximum Gasteiger partial charge on any atom is 0.162 e. The van der Waals surface area contributed by atoms with Crippen LogP contribution in [0.15, 0.2) is 28.8 Å². The third-order valence-corrected chi connectivity index (χ3v) is 9.90. The minimum absolute atomic E-state index is 0.198. The van der Waals surface area contributed by atoms with E-state index in [1.54, 1.807) is 12.3 Å². The highest BCUT2D eigenvalue weighted by Crippen LogP contribution is 2.45. The molecule has 166 valence electrons. The molecule has 2 aliphatic heterocycles. The summed E-state index contributed by atoms with van der Waals surface area (Å²) in [6.07, 6.45) is 5.48. The lowest BCUT2D eigenvalue weighted by Crippen LogP contribution is -2.44. The number of ether oxygens (including phenoxy) is 1. The van der Waals surface area contributed by atoms with Gasteiger partial charge in [0.15, 0.2) is 5.82 Å². The third kappa shape index (κ3) is 3.78.